The van der Waals surface area contributed by atoms with Crippen LogP contribution in [0.2, 0.25) is 0 Å². The minimum absolute atomic E-state index is 0.194. The number of aliphatic hydroxyl groups excluding tert-OH is 1. The van der Waals surface area contributed by atoms with Crippen LogP contribution in [0.5, 0.6) is 0 Å². The van der Waals surface area contributed by atoms with E-state index in [1.807, 2.05) is 30.3 Å². The average molecular weight is 304 g/mol. The molecule has 2 aromatic carbocycles. The van der Waals surface area contributed by atoms with Gasteiger partial charge in [-0.3, -0.25) is 0 Å². The number of hydrogen-bond acceptors (Lipinski definition) is 5. The van der Waals surface area contributed by atoms with Gasteiger partial charge >= 0.3 is 0 Å². The zero-order chi connectivity index (χ0) is 15.3. The maximum absolute atomic E-state index is 11.6. The summed E-state index contributed by atoms with van der Waals surface area (Å²) >= 11 is 0. The van der Waals surface area contributed by atoms with Crippen molar-refractivity contribution >= 4 is 21.2 Å². The molecule has 2 aromatic rings. The summed E-state index contributed by atoms with van der Waals surface area (Å²) in [4.78, 5) is 0. The molecule has 0 aromatic heterocycles. The standard InChI is InChI=1S/C15H16N2O3S/c1-12(18)21(19,20)11-13-7-9-15(10-8-13)17-16-14-5-3-2-4-6-14/h2-10,12,18H,11H2,1H3. The van der Waals surface area contributed by atoms with Crippen molar-refractivity contribution in [1.82, 2.24) is 0 Å². The lowest BCUT2D eigenvalue weighted by atomic mass is 10.2. The number of rotatable bonds is 5. The van der Waals surface area contributed by atoms with Gasteiger partial charge in [-0.05, 0) is 36.8 Å². The first-order chi connectivity index (χ1) is 9.97. The molecule has 0 spiro atoms. The predicted molar refractivity (Wildman–Crippen MR) is 81.4 cm³/mol. The Hall–Kier alpha value is -2.05. The molecule has 2 rings (SSSR count). The third kappa shape index (κ3) is 4.47. The van der Waals surface area contributed by atoms with E-state index >= 15 is 0 Å². The highest BCUT2D eigenvalue weighted by molar-refractivity contribution is 7.91. The lowest BCUT2D eigenvalue weighted by Crippen LogP contribution is -2.18. The second kappa shape index (κ2) is 6.60. The molecule has 0 heterocycles. The highest BCUT2D eigenvalue weighted by Gasteiger charge is 2.18. The number of aliphatic hydroxyl groups is 1. The Labute approximate surface area is 123 Å². The molecule has 1 N–H and O–H groups in total. The van der Waals surface area contributed by atoms with Crippen LogP contribution < -0.4 is 0 Å². The molecule has 0 fully saturated rings. The van der Waals surface area contributed by atoms with Crippen LogP contribution in [0.25, 0.3) is 0 Å². The van der Waals surface area contributed by atoms with Crippen LogP contribution >= 0.6 is 0 Å². The number of hydrogen-bond donors (Lipinski definition) is 1. The minimum Gasteiger partial charge on any atom is -0.377 e. The molecule has 0 aliphatic rings. The van der Waals surface area contributed by atoms with Gasteiger partial charge in [-0.1, -0.05) is 30.3 Å². The van der Waals surface area contributed by atoms with E-state index in [1.165, 1.54) is 6.92 Å². The van der Waals surface area contributed by atoms with Crippen molar-refractivity contribution in [1.29, 1.82) is 0 Å². The number of sulfone groups is 1. The molecule has 0 bridgehead atoms. The summed E-state index contributed by atoms with van der Waals surface area (Å²) < 4.78 is 23.2. The Bertz CT molecular complexity index is 708. The van der Waals surface area contributed by atoms with E-state index < -0.39 is 15.3 Å². The van der Waals surface area contributed by atoms with E-state index in [1.54, 1.807) is 24.3 Å². The van der Waals surface area contributed by atoms with Gasteiger partial charge < -0.3 is 5.11 Å². The third-order valence-electron chi connectivity index (χ3n) is 2.86. The molecule has 21 heavy (non-hydrogen) atoms. The Morgan fingerprint density at radius 2 is 1.48 bits per heavy atom. The van der Waals surface area contributed by atoms with Crippen molar-refractivity contribution in [3.63, 3.8) is 0 Å². The van der Waals surface area contributed by atoms with E-state index in [0.717, 1.165) is 5.69 Å². The van der Waals surface area contributed by atoms with Gasteiger partial charge in [0.1, 0.15) is 0 Å². The van der Waals surface area contributed by atoms with E-state index in [9.17, 15) is 13.5 Å². The van der Waals surface area contributed by atoms with Crippen molar-refractivity contribution in [2.75, 3.05) is 0 Å². The SMILES string of the molecule is CC(O)S(=O)(=O)Cc1ccc(N=Nc2ccccc2)cc1. The molecule has 0 radical (unpaired) electrons. The molecule has 5 nitrogen and oxygen atoms in total. The molecule has 6 heteroatoms. The summed E-state index contributed by atoms with van der Waals surface area (Å²) in [6.07, 6.45) is 0. The van der Waals surface area contributed by atoms with Gasteiger partial charge in [0, 0.05) is 0 Å². The molecule has 0 aliphatic heterocycles. The van der Waals surface area contributed by atoms with E-state index in [2.05, 4.69) is 10.2 Å². The minimum atomic E-state index is -3.52. The van der Waals surface area contributed by atoms with Gasteiger partial charge in [-0.15, -0.1) is 0 Å². The van der Waals surface area contributed by atoms with Crippen LogP contribution in [-0.2, 0) is 15.6 Å². The molecule has 0 saturated heterocycles. The lowest BCUT2D eigenvalue weighted by molar-refractivity contribution is 0.268. The maximum Gasteiger partial charge on any atom is 0.180 e. The smallest absolute Gasteiger partial charge is 0.180 e. The zero-order valence-electron chi connectivity index (χ0n) is 11.5. The van der Waals surface area contributed by atoms with Crippen LogP contribution in [-0.4, -0.2) is 19.0 Å². The Morgan fingerprint density at radius 1 is 0.952 bits per heavy atom. The number of azo groups is 1. The summed E-state index contributed by atoms with van der Waals surface area (Å²) in [7, 11) is -3.52. The van der Waals surface area contributed by atoms with Crippen LogP contribution in [0.3, 0.4) is 0 Å². The quantitative estimate of drug-likeness (QED) is 0.860. The fraction of sp³-hybridized carbons (Fsp3) is 0.200. The molecule has 0 saturated carbocycles. The van der Waals surface area contributed by atoms with Gasteiger partial charge in [0.15, 0.2) is 15.3 Å². The van der Waals surface area contributed by atoms with E-state index in [-0.39, 0.29) is 5.75 Å². The fourth-order valence-electron chi connectivity index (χ4n) is 1.62. The average Bonchev–Trinajstić information content (AvgIpc) is 2.47. The predicted octanol–water partition coefficient (Wildman–Crippen LogP) is 3.36. The first kappa shape index (κ1) is 15.3. The summed E-state index contributed by atoms with van der Waals surface area (Å²) in [6.45, 7) is 1.25. The van der Waals surface area contributed by atoms with E-state index in [4.69, 9.17) is 0 Å². The van der Waals surface area contributed by atoms with Gasteiger partial charge in [-0.25, -0.2) is 8.42 Å². The Kier molecular flexibility index (Phi) is 4.82. The maximum atomic E-state index is 11.6. The van der Waals surface area contributed by atoms with Crippen molar-refractivity contribution in [2.24, 2.45) is 10.2 Å². The summed E-state index contributed by atoms with van der Waals surface area (Å²) in [6, 6.07) is 16.0. The molecule has 1 unspecified atom stereocenters. The Balaban J connectivity index is 2.08. The summed E-state index contributed by atoms with van der Waals surface area (Å²) in [5, 5.41) is 17.3. The molecule has 110 valence electrons. The topological polar surface area (TPSA) is 79.1 Å². The molecule has 0 aliphatic carbocycles. The Morgan fingerprint density at radius 3 is 2.00 bits per heavy atom. The number of nitrogens with zero attached hydrogens (tertiary/aromatic N) is 2. The van der Waals surface area contributed by atoms with Crippen molar-refractivity contribution in [3.05, 3.63) is 60.2 Å². The molecular formula is C15H16N2O3S. The second-order valence-electron chi connectivity index (χ2n) is 4.61. The summed E-state index contributed by atoms with van der Waals surface area (Å²) in [5.74, 6) is -0.194. The fourth-order valence-corrected chi connectivity index (χ4v) is 2.52. The summed E-state index contributed by atoms with van der Waals surface area (Å²) in [5.41, 5.74) is 0.625. The van der Waals surface area contributed by atoms with Gasteiger partial charge in [0.2, 0.25) is 0 Å². The first-order valence-electron chi connectivity index (χ1n) is 6.43. The van der Waals surface area contributed by atoms with Crippen molar-refractivity contribution in [2.45, 2.75) is 18.1 Å². The zero-order valence-corrected chi connectivity index (χ0v) is 12.4. The second-order valence-corrected chi connectivity index (χ2v) is 6.91. The first-order valence-corrected chi connectivity index (χ1v) is 8.14. The third-order valence-corrected chi connectivity index (χ3v) is 4.64. The molecular weight excluding hydrogens is 288 g/mol. The lowest BCUT2D eigenvalue weighted by Gasteiger charge is -2.06. The highest BCUT2D eigenvalue weighted by atomic mass is 32.2. The van der Waals surface area contributed by atoms with Crippen LogP contribution in [0, 0.1) is 0 Å². The van der Waals surface area contributed by atoms with Crippen LogP contribution in [0.4, 0.5) is 11.4 Å². The number of benzene rings is 2. The van der Waals surface area contributed by atoms with E-state index in [0.29, 0.717) is 11.3 Å². The van der Waals surface area contributed by atoms with Gasteiger partial charge in [0.05, 0.1) is 17.1 Å². The highest BCUT2D eigenvalue weighted by Crippen LogP contribution is 2.19. The normalized spacial score (nSPS) is 13.4. The van der Waals surface area contributed by atoms with Crippen LogP contribution in [0.15, 0.2) is 64.8 Å². The van der Waals surface area contributed by atoms with Crippen molar-refractivity contribution in [3.8, 4) is 0 Å². The van der Waals surface area contributed by atoms with Gasteiger partial charge in [0.25, 0.3) is 0 Å². The monoisotopic (exact) mass is 304 g/mol. The largest absolute Gasteiger partial charge is 0.377 e. The van der Waals surface area contributed by atoms with Crippen molar-refractivity contribution < 1.29 is 13.5 Å². The molecule has 0 amide bonds. The van der Waals surface area contributed by atoms with Gasteiger partial charge in [-0.2, -0.15) is 10.2 Å². The molecule has 1 atom stereocenters. The van der Waals surface area contributed by atoms with Crippen LogP contribution in [0.1, 0.15) is 12.5 Å².